The van der Waals surface area contributed by atoms with E-state index in [2.05, 4.69) is 4.98 Å². The highest BCUT2D eigenvalue weighted by Gasteiger charge is 2.50. The third-order valence-electron chi connectivity index (χ3n) is 5.66. The number of benzene rings is 1. The lowest BCUT2D eigenvalue weighted by Crippen LogP contribution is -2.50. The zero-order valence-corrected chi connectivity index (χ0v) is 17.4. The van der Waals surface area contributed by atoms with Crippen molar-refractivity contribution < 1.29 is 37.1 Å². The fraction of sp³-hybridized carbons (Fsp3) is 0.364. The molecule has 33 heavy (non-hydrogen) atoms. The largest absolute Gasteiger partial charge is 0.490 e. The molecule has 2 saturated heterocycles. The van der Waals surface area contributed by atoms with Gasteiger partial charge in [-0.2, -0.15) is 17.6 Å². The zero-order chi connectivity index (χ0) is 24.2. The van der Waals surface area contributed by atoms with Crippen molar-refractivity contribution in [1.82, 2.24) is 9.88 Å². The van der Waals surface area contributed by atoms with E-state index in [1.807, 2.05) is 35.2 Å². The number of carboxylic acids is 1. The Hall–Kier alpha value is -3.50. The summed E-state index contributed by atoms with van der Waals surface area (Å²) in [7, 11) is 0. The second-order valence-electron chi connectivity index (χ2n) is 7.82. The van der Waals surface area contributed by atoms with Crippen LogP contribution in [0.25, 0.3) is 0 Å². The SMILES string of the molecule is O=C(O)C(F)(F)F.O=C(c1ccnc(F)c1)N1CCCC2(CCN(c3ccccc3)C2=O)C1. The first-order chi connectivity index (χ1) is 15.5. The van der Waals surface area contributed by atoms with Crippen molar-refractivity contribution in [2.24, 2.45) is 5.41 Å². The van der Waals surface area contributed by atoms with Gasteiger partial charge in [-0.1, -0.05) is 18.2 Å². The fourth-order valence-corrected chi connectivity index (χ4v) is 4.08. The van der Waals surface area contributed by atoms with Crippen molar-refractivity contribution >= 4 is 23.5 Å². The molecule has 2 fully saturated rings. The van der Waals surface area contributed by atoms with Gasteiger partial charge in [-0.05, 0) is 37.5 Å². The van der Waals surface area contributed by atoms with E-state index in [1.54, 1.807) is 4.90 Å². The number of amides is 2. The Morgan fingerprint density at radius 1 is 1.06 bits per heavy atom. The zero-order valence-electron chi connectivity index (χ0n) is 17.4. The van der Waals surface area contributed by atoms with E-state index in [4.69, 9.17) is 9.90 Å². The van der Waals surface area contributed by atoms with E-state index >= 15 is 0 Å². The molecule has 7 nitrogen and oxygen atoms in total. The first-order valence-electron chi connectivity index (χ1n) is 10.1. The maximum Gasteiger partial charge on any atom is 0.490 e. The number of likely N-dealkylation sites (tertiary alicyclic amines) is 1. The number of pyridine rings is 1. The third kappa shape index (κ3) is 5.47. The first kappa shape index (κ1) is 24.1. The minimum atomic E-state index is -5.08. The fourth-order valence-electron chi connectivity index (χ4n) is 4.08. The van der Waals surface area contributed by atoms with Gasteiger partial charge in [0.05, 0.1) is 5.41 Å². The average Bonchev–Trinajstić information content (AvgIpc) is 3.09. The number of alkyl halides is 3. The smallest absolute Gasteiger partial charge is 0.475 e. The number of carbonyl (C=O) groups excluding carboxylic acids is 2. The number of piperidine rings is 1. The normalized spacial score (nSPS) is 20.4. The number of halogens is 4. The maximum atomic E-state index is 13.3. The van der Waals surface area contributed by atoms with Gasteiger partial charge >= 0.3 is 12.1 Å². The van der Waals surface area contributed by atoms with Gasteiger partial charge in [0, 0.05) is 43.1 Å². The molecule has 2 amide bonds. The number of aromatic nitrogens is 1. The molecule has 1 spiro atoms. The monoisotopic (exact) mass is 467 g/mol. The van der Waals surface area contributed by atoms with Gasteiger partial charge in [0.1, 0.15) is 0 Å². The Morgan fingerprint density at radius 2 is 1.73 bits per heavy atom. The summed E-state index contributed by atoms with van der Waals surface area (Å²) in [5.41, 5.74) is 0.643. The molecule has 176 valence electrons. The highest BCUT2D eigenvalue weighted by molar-refractivity contribution is 6.01. The predicted octanol–water partition coefficient (Wildman–Crippen LogP) is 3.51. The van der Waals surface area contributed by atoms with Crippen LogP contribution in [0.1, 0.15) is 29.6 Å². The second-order valence-corrected chi connectivity index (χ2v) is 7.82. The molecule has 1 aromatic heterocycles. The van der Waals surface area contributed by atoms with Crippen molar-refractivity contribution in [3.05, 3.63) is 60.2 Å². The van der Waals surface area contributed by atoms with Gasteiger partial charge in [0.25, 0.3) is 5.91 Å². The quantitative estimate of drug-likeness (QED) is 0.539. The Balaban J connectivity index is 0.000000383. The minimum absolute atomic E-state index is 0.0853. The molecule has 1 aromatic carbocycles. The van der Waals surface area contributed by atoms with Crippen molar-refractivity contribution in [3.8, 4) is 0 Å². The molecule has 0 bridgehead atoms. The molecular formula is C22H21F4N3O4. The van der Waals surface area contributed by atoms with Crippen LogP contribution >= 0.6 is 0 Å². The highest BCUT2D eigenvalue weighted by atomic mass is 19.4. The van der Waals surface area contributed by atoms with Gasteiger partial charge in [-0.3, -0.25) is 9.59 Å². The lowest BCUT2D eigenvalue weighted by atomic mass is 9.78. The lowest BCUT2D eigenvalue weighted by molar-refractivity contribution is -0.192. The van der Waals surface area contributed by atoms with Crippen LogP contribution in [0, 0.1) is 11.4 Å². The molecule has 0 radical (unpaired) electrons. The number of hydrogen-bond donors (Lipinski definition) is 1. The maximum absolute atomic E-state index is 13.3. The van der Waals surface area contributed by atoms with Gasteiger partial charge < -0.3 is 14.9 Å². The van der Waals surface area contributed by atoms with Crippen LogP contribution in [-0.2, 0) is 9.59 Å². The minimum Gasteiger partial charge on any atom is -0.475 e. The number of nitrogens with zero attached hydrogens (tertiary/aromatic N) is 3. The van der Waals surface area contributed by atoms with E-state index in [0.717, 1.165) is 31.0 Å². The van der Waals surface area contributed by atoms with Crippen LogP contribution in [0.5, 0.6) is 0 Å². The molecule has 2 aliphatic heterocycles. The Kier molecular flexibility index (Phi) is 6.99. The topological polar surface area (TPSA) is 90.8 Å². The summed E-state index contributed by atoms with van der Waals surface area (Å²) >= 11 is 0. The Bertz CT molecular complexity index is 1030. The molecule has 1 N–H and O–H groups in total. The molecule has 1 atom stereocenters. The van der Waals surface area contributed by atoms with E-state index in [-0.39, 0.29) is 17.4 Å². The molecule has 0 aliphatic carbocycles. The number of aliphatic carboxylic acids is 1. The standard InChI is InChI=1S/C20H20FN3O2.C2HF3O2/c21-17-13-15(7-10-22-17)18(25)23-11-4-8-20(14-23)9-12-24(19(20)26)16-5-2-1-3-6-16;3-2(4,5)1(6)7/h1-3,5-7,10,13H,4,8-9,11-12,14H2;(H,6,7). The number of anilines is 1. The molecule has 4 rings (SSSR count). The summed E-state index contributed by atoms with van der Waals surface area (Å²) in [5.74, 6) is -3.58. The van der Waals surface area contributed by atoms with Crippen molar-refractivity contribution in [3.63, 3.8) is 0 Å². The van der Waals surface area contributed by atoms with E-state index in [0.29, 0.717) is 19.6 Å². The number of carboxylic acid groups (broad SMARTS) is 1. The summed E-state index contributed by atoms with van der Waals surface area (Å²) in [6, 6.07) is 12.3. The molecule has 11 heteroatoms. The van der Waals surface area contributed by atoms with E-state index in [1.165, 1.54) is 12.3 Å². The summed E-state index contributed by atoms with van der Waals surface area (Å²) < 4.78 is 45.1. The molecule has 2 aromatic rings. The van der Waals surface area contributed by atoms with Crippen molar-refractivity contribution in [2.75, 3.05) is 24.5 Å². The molecule has 0 saturated carbocycles. The van der Waals surface area contributed by atoms with Crippen LogP contribution in [0.4, 0.5) is 23.2 Å². The van der Waals surface area contributed by atoms with E-state index in [9.17, 15) is 27.2 Å². The van der Waals surface area contributed by atoms with Gasteiger partial charge in [0.15, 0.2) is 0 Å². The van der Waals surface area contributed by atoms with Crippen LogP contribution in [0.15, 0.2) is 48.7 Å². The Morgan fingerprint density at radius 3 is 2.33 bits per heavy atom. The van der Waals surface area contributed by atoms with Crippen molar-refractivity contribution in [2.45, 2.75) is 25.4 Å². The van der Waals surface area contributed by atoms with Gasteiger partial charge in [0.2, 0.25) is 11.9 Å². The number of carbonyl (C=O) groups is 3. The molecular weight excluding hydrogens is 446 g/mol. The summed E-state index contributed by atoms with van der Waals surface area (Å²) in [6.07, 6.45) is -1.51. The number of hydrogen-bond acceptors (Lipinski definition) is 4. The summed E-state index contributed by atoms with van der Waals surface area (Å²) in [4.78, 5) is 41.8. The van der Waals surface area contributed by atoms with Crippen LogP contribution in [0.2, 0.25) is 0 Å². The number of rotatable bonds is 2. The molecule has 2 aliphatic rings. The lowest BCUT2D eigenvalue weighted by Gasteiger charge is -2.39. The van der Waals surface area contributed by atoms with E-state index < -0.39 is 23.5 Å². The summed E-state index contributed by atoms with van der Waals surface area (Å²) in [5, 5.41) is 7.12. The van der Waals surface area contributed by atoms with Crippen LogP contribution in [0.3, 0.4) is 0 Å². The number of para-hydroxylation sites is 1. The predicted molar refractivity (Wildman–Crippen MR) is 109 cm³/mol. The van der Waals surface area contributed by atoms with Gasteiger partial charge in [-0.15, -0.1) is 0 Å². The third-order valence-corrected chi connectivity index (χ3v) is 5.66. The summed E-state index contributed by atoms with van der Waals surface area (Å²) in [6.45, 7) is 1.63. The van der Waals surface area contributed by atoms with Gasteiger partial charge in [-0.25, -0.2) is 9.78 Å². The van der Waals surface area contributed by atoms with Crippen LogP contribution in [-0.4, -0.2) is 58.6 Å². The average molecular weight is 467 g/mol. The van der Waals surface area contributed by atoms with Crippen molar-refractivity contribution in [1.29, 1.82) is 0 Å². The Labute approximate surface area is 186 Å². The molecule has 1 unspecified atom stereocenters. The molecule has 3 heterocycles. The highest BCUT2D eigenvalue weighted by Crippen LogP contribution is 2.42. The second kappa shape index (κ2) is 9.55. The first-order valence-corrected chi connectivity index (χ1v) is 10.1. The van der Waals surface area contributed by atoms with Crippen LogP contribution < -0.4 is 4.90 Å².